The van der Waals surface area contributed by atoms with Crippen molar-refractivity contribution in [3.63, 3.8) is 0 Å². The molecule has 0 saturated heterocycles. The molecule has 2 aromatic rings. The lowest BCUT2D eigenvalue weighted by atomic mass is 9.48. The summed E-state index contributed by atoms with van der Waals surface area (Å²) in [5.74, 6) is 1.17. The Morgan fingerprint density at radius 1 is 1.19 bits per heavy atom. The number of nitrogens with zero attached hydrogens (tertiary/aromatic N) is 1. The monoisotopic (exact) mass is 454 g/mol. The van der Waals surface area contributed by atoms with Crippen LogP contribution < -0.4 is 10.1 Å². The standard InChI is InChI=1S/C25H30N2O4S/c1-24(2,18-3-5-20(6-4-18)31-12-19-13-32-14-26-19)22(28)27-21-16-7-15-8-17(21)11-25(9-15,10-16)23(29)30/h3-6,13-17,21H,7-12H2,1-2H3,(H,27,28)(H,29,30)/t15?,16-,17+,21?,25?. The lowest BCUT2D eigenvalue weighted by Crippen LogP contribution is -2.62. The van der Waals surface area contributed by atoms with Crippen molar-refractivity contribution in [1.29, 1.82) is 0 Å². The van der Waals surface area contributed by atoms with Gasteiger partial charge in [0.05, 0.1) is 22.0 Å². The molecule has 4 fully saturated rings. The molecule has 170 valence electrons. The number of carbonyl (C=O) groups excluding carboxylic acids is 1. The Kier molecular flexibility index (Phi) is 5.27. The van der Waals surface area contributed by atoms with E-state index < -0.39 is 16.8 Å². The quantitative estimate of drug-likeness (QED) is 0.648. The van der Waals surface area contributed by atoms with E-state index in [1.807, 2.05) is 43.5 Å². The summed E-state index contributed by atoms with van der Waals surface area (Å²) >= 11 is 1.54. The molecule has 4 saturated carbocycles. The number of aromatic nitrogens is 1. The zero-order chi connectivity index (χ0) is 22.5. The molecule has 1 aromatic carbocycles. The number of ether oxygens (including phenoxy) is 1. The third kappa shape index (κ3) is 3.70. The van der Waals surface area contributed by atoms with E-state index in [4.69, 9.17) is 4.74 Å². The zero-order valence-corrected chi connectivity index (χ0v) is 19.4. The van der Waals surface area contributed by atoms with Gasteiger partial charge in [0, 0.05) is 11.4 Å². The summed E-state index contributed by atoms with van der Waals surface area (Å²) < 4.78 is 5.79. The van der Waals surface area contributed by atoms with Crippen molar-refractivity contribution in [3.8, 4) is 5.75 Å². The molecule has 3 unspecified atom stereocenters. The molecule has 5 atom stereocenters. The van der Waals surface area contributed by atoms with E-state index in [9.17, 15) is 14.7 Å². The third-order valence-corrected chi connectivity index (χ3v) is 8.67. The number of nitrogens with one attached hydrogen (secondary N) is 1. The Labute approximate surface area is 192 Å². The highest BCUT2D eigenvalue weighted by molar-refractivity contribution is 7.07. The fourth-order valence-electron chi connectivity index (χ4n) is 6.42. The number of aliphatic carboxylic acids is 1. The molecule has 6 nitrogen and oxygen atoms in total. The minimum absolute atomic E-state index is 0.00971. The topological polar surface area (TPSA) is 88.5 Å². The van der Waals surface area contributed by atoms with Crippen LogP contribution in [0.3, 0.4) is 0 Å². The number of carboxylic acid groups (broad SMARTS) is 1. The van der Waals surface area contributed by atoms with Gasteiger partial charge in [0.25, 0.3) is 0 Å². The predicted molar refractivity (Wildman–Crippen MR) is 121 cm³/mol. The van der Waals surface area contributed by atoms with Gasteiger partial charge in [-0.05, 0) is 81.4 Å². The summed E-state index contributed by atoms with van der Waals surface area (Å²) in [7, 11) is 0. The molecule has 32 heavy (non-hydrogen) atoms. The molecule has 4 bridgehead atoms. The van der Waals surface area contributed by atoms with Crippen LogP contribution in [0.2, 0.25) is 0 Å². The van der Waals surface area contributed by atoms with Crippen LogP contribution in [0.5, 0.6) is 5.75 Å². The Hall–Kier alpha value is -2.41. The van der Waals surface area contributed by atoms with Gasteiger partial charge < -0.3 is 15.2 Å². The van der Waals surface area contributed by atoms with Crippen LogP contribution in [0, 0.1) is 23.2 Å². The van der Waals surface area contributed by atoms with Crippen molar-refractivity contribution >= 4 is 23.2 Å². The Morgan fingerprint density at radius 2 is 1.88 bits per heavy atom. The van der Waals surface area contributed by atoms with Gasteiger partial charge in [0.1, 0.15) is 12.4 Å². The Bertz CT molecular complexity index is 985. The first-order chi connectivity index (χ1) is 15.3. The molecule has 1 amide bonds. The van der Waals surface area contributed by atoms with Crippen molar-refractivity contribution in [1.82, 2.24) is 10.3 Å². The molecule has 2 N–H and O–H groups in total. The van der Waals surface area contributed by atoms with Gasteiger partial charge in [-0.15, -0.1) is 11.3 Å². The smallest absolute Gasteiger partial charge is 0.309 e. The molecular weight excluding hydrogens is 424 g/mol. The second kappa shape index (κ2) is 7.87. The maximum absolute atomic E-state index is 13.4. The number of hydrogen-bond donors (Lipinski definition) is 2. The number of amides is 1. The summed E-state index contributed by atoms with van der Waals surface area (Å²) in [6, 6.07) is 7.79. The number of rotatable bonds is 7. The van der Waals surface area contributed by atoms with Crippen molar-refractivity contribution in [2.24, 2.45) is 23.2 Å². The Morgan fingerprint density at radius 3 is 2.47 bits per heavy atom. The average molecular weight is 455 g/mol. The highest BCUT2D eigenvalue weighted by Crippen LogP contribution is 2.60. The first-order valence-corrected chi connectivity index (χ1v) is 12.4. The SMILES string of the molecule is CC(C)(C(=O)NC1[C@@H]2CC3C[C@H]1CC(C(=O)O)(C3)C2)c1ccc(OCc2cscn2)cc1. The molecule has 6 rings (SSSR count). The van der Waals surface area contributed by atoms with E-state index in [1.54, 1.807) is 16.8 Å². The van der Waals surface area contributed by atoms with Crippen LogP contribution in [0.25, 0.3) is 0 Å². The summed E-state index contributed by atoms with van der Waals surface area (Å²) in [6.45, 7) is 4.32. The normalized spacial score (nSPS) is 30.8. The van der Waals surface area contributed by atoms with Gasteiger partial charge >= 0.3 is 5.97 Å². The lowest BCUT2D eigenvalue weighted by molar-refractivity contribution is -0.168. The van der Waals surface area contributed by atoms with Crippen LogP contribution in [0.1, 0.15) is 57.2 Å². The fourth-order valence-corrected chi connectivity index (χ4v) is 6.96. The van der Waals surface area contributed by atoms with E-state index in [1.165, 1.54) is 0 Å². The molecule has 4 aliphatic rings. The van der Waals surface area contributed by atoms with Crippen molar-refractivity contribution in [2.75, 3.05) is 0 Å². The maximum Gasteiger partial charge on any atom is 0.309 e. The largest absolute Gasteiger partial charge is 0.487 e. The maximum atomic E-state index is 13.4. The summed E-state index contributed by atoms with van der Waals surface area (Å²) in [6.07, 6.45) is 4.31. The number of carboxylic acids is 1. The summed E-state index contributed by atoms with van der Waals surface area (Å²) in [5, 5.41) is 15.1. The summed E-state index contributed by atoms with van der Waals surface area (Å²) in [5.41, 5.74) is 2.38. The number of carbonyl (C=O) groups is 2. The molecule has 4 aliphatic carbocycles. The second-order valence-electron chi connectivity index (χ2n) is 10.5. The molecule has 1 heterocycles. The second-order valence-corrected chi connectivity index (χ2v) is 11.2. The minimum atomic E-state index is -0.688. The number of benzene rings is 1. The van der Waals surface area contributed by atoms with E-state index in [-0.39, 0.29) is 23.8 Å². The van der Waals surface area contributed by atoms with Gasteiger partial charge in [0.15, 0.2) is 0 Å². The van der Waals surface area contributed by atoms with Crippen molar-refractivity contribution in [2.45, 2.75) is 64.0 Å². The fraction of sp³-hybridized carbons (Fsp3) is 0.560. The first kappa shape index (κ1) is 21.4. The summed E-state index contributed by atoms with van der Waals surface area (Å²) in [4.78, 5) is 29.6. The van der Waals surface area contributed by atoms with Crippen LogP contribution in [-0.2, 0) is 21.6 Å². The molecule has 0 spiro atoms. The van der Waals surface area contributed by atoms with E-state index in [0.29, 0.717) is 25.4 Å². The van der Waals surface area contributed by atoms with E-state index in [2.05, 4.69) is 10.3 Å². The van der Waals surface area contributed by atoms with Crippen LogP contribution in [-0.4, -0.2) is 28.0 Å². The minimum Gasteiger partial charge on any atom is -0.487 e. The van der Waals surface area contributed by atoms with E-state index in [0.717, 1.165) is 36.3 Å². The van der Waals surface area contributed by atoms with Crippen LogP contribution >= 0.6 is 11.3 Å². The highest BCUT2D eigenvalue weighted by Gasteiger charge is 2.59. The first-order valence-electron chi connectivity index (χ1n) is 11.4. The lowest BCUT2D eigenvalue weighted by Gasteiger charge is -2.58. The van der Waals surface area contributed by atoms with E-state index >= 15 is 0 Å². The van der Waals surface area contributed by atoms with Crippen LogP contribution in [0.4, 0.5) is 0 Å². The van der Waals surface area contributed by atoms with Crippen LogP contribution in [0.15, 0.2) is 35.2 Å². The molecule has 0 radical (unpaired) electrons. The molecule has 1 aromatic heterocycles. The molecule has 7 heteroatoms. The van der Waals surface area contributed by atoms with Gasteiger partial charge in [-0.2, -0.15) is 0 Å². The number of hydrogen-bond acceptors (Lipinski definition) is 5. The third-order valence-electron chi connectivity index (χ3n) is 8.04. The van der Waals surface area contributed by atoms with Gasteiger partial charge in [0.2, 0.25) is 5.91 Å². The van der Waals surface area contributed by atoms with Gasteiger partial charge in [-0.25, -0.2) is 4.98 Å². The van der Waals surface area contributed by atoms with Crippen molar-refractivity contribution < 1.29 is 19.4 Å². The predicted octanol–water partition coefficient (Wildman–Crippen LogP) is 4.40. The zero-order valence-electron chi connectivity index (χ0n) is 18.5. The molecular formula is C25H30N2O4S. The van der Waals surface area contributed by atoms with Crippen molar-refractivity contribution in [3.05, 3.63) is 46.4 Å². The Balaban J connectivity index is 1.25. The average Bonchev–Trinajstić information content (AvgIpc) is 3.28. The van der Waals surface area contributed by atoms with Gasteiger partial charge in [-0.1, -0.05) is 12.1 Å². The highest BCUT2D eigenvalue weighted by atomic mass is 32.1. The number of thiazole rings is 1. The molecule has 0 aliphatic heterocycles. The van der Waals surface area contributed by atoms with Gasteiger partial charge in [-0.3, -0.25) is 9.59 Å².